The molecule has 0 spiro atoms. The molecule has 1 aliphatic rings. The van der Waals surface area contributed by atoms with E-state index in [0.29, 0.717) is 24.0 Å². The Morgan fingerprint density at radius 1 is 1.19 bits per heavy atom. The van der Waals surface area contributed by atoms with Crippen molar-refractivity contribution >= 4 is 35.4 Å². The zero-order valence-corrected chi connectivity index (χ0v) is 19.2. The fraction of sp³-hybridized carbons (Fsp3) is 0.524. The summed E-state index contributed by atoms with van der Waals surface area (Å²) in [5.74, 6) is -0.752. The number of imide groups is 1. The van der Waals surface area contributed by atoms with Crippen LogP contribution in [0.25, 0.3) is 0 Å². The van der Waals surface area contributed by atoms with Gasteiger partial charge in [0, 0.05) is 13.6 Å². The maximum atomic E-state index is 13.0. The maximum Gasteiger partial charge on any atom is 0.407 e. The molecular formula is C21H29ClN4O5. The summed E-state index contributed by atoms with van der Waals surface area (Å²) in [6, 6.07) is 5.81. The number of benzene rings is 1. The van der Waals surface area contributed by atoms with Crippen LogP contribution in [0, 0.1) is 0 Å². The summed E-state index contributed by atoms with van der Waals surface area (Å²) < 4.78 is 10.8. The number of hydrogen-bond acceptors (Lipinski definition) is 7. The average molecular weight is 453 g/mol. The van der Waals surface area contributed by atoms with Crippen molar-refractivity contribution in [2.24, 2.45) is 5.10 Å². The van der Waals surface area contributed by atoms with E-state index in [1.54, 1.807) is 59.0 Å². The predicted octanol–water partition coefficient (Wildman–Crippen LogP) is 3.09. The summed E-state index contributed by atoms with van der Waals surface area (Å²) in [4.78, 5) is 39.0. The molecule has 1 aromatic rings. The van der Waals surface area contributed by atoms with E-state index < -0.39 is 35.1 Å². The van der Waals surface area contributed by atoms with Crippen molar-refractivity contribution in [3.05, 3.63) is 35.4 Å². The number of carbonyl (C=O) groups is 3. The molecule has 0 bridgehead atoms. The van der Waals surface area contributed by atoms with E-state index >= 15 is 0 Å². The lowest BCUT2D eigenvalue weighted by atomic mass is 10.1. The quantitative estimate of drug-likeness (QED) is 0.157. The zero-order chi connectivity index (χ0) is 23.2. The van der Waals surface area contributed by atoms with Gasteiger partial charge in [0.25, 0.3) is 11.8 Å². The summed E-state index contributed by atoms with van der Waals surface area (Å²) in [6.07, 6.45) is 0.186. The summed E-state index contributed by atoms with van der Waals surface area (Å²) in [7, 11) is 1.58. The van der Waals surface area contributed by atoms with E-state index in [-0.39, 0.29) is 12.4 Å². The smallest absolute Gasteiger partial charge is 0.407 e. The van der Waals surface area contributed by atoms with Crippen LogP contribution in [-0.4, -0.2) is 59.5 Å². The van der Waals surface area contributed by atoms with Gasteiger partial charge in [-0.15, -0.1) is 5.10 Å². The molecule has 2 rings (SSSR count). The van der Waals surface area contributed by atoms with E-state index in [2.05, 4.69) is 15.8 Å². The molecule has 1 aromatic carbocycles. The minimum Gasteiger partial charge on any atom is -0.459 e. The maximum absolute atomic E-state index is 13.0. The van der Waals surface area contributed by atoms with Crippen LogP contribution in [0.1, 0.15) is 61.3 Å². The molecule has 0 aromatic heterocycles. The van der Waals surface area contributed by atoms with E-state index in [4.69, 9.17) is 21.1 Å². The van der Waals surface area contributed by atoms with Gasteiger partial charge in [-0.3, -0.25) is 14.5 Å². The van der Waals surface area contributed by atoms with Crippen LogP contribution in [0.3, 0.4) is 0 Å². The van der Waals surface area contributed by atoms with Gasteiger partial charge >= 0.3 is 6.09 Å². The Bertz CT molecular complexity index is 815. The SMILES string of the molecule is CN/N=C(\OC(C)Cl)[C@H](CCCNC(=O)OC(C)(C)C)N1C(=O)c2ccccc2C1=O. The first-order valence-corrected chi connectivity index (χ1v) is 10.5. The highest BCUT2D eigenvalue weighted by Gasteiger charge is 2.42. The van der Waals surface area contributed by atoms with Crippen molar-refractivity contribution in [2.45, 2.75) is 57.7 Å². The van der Waals surface area contributed by atoms with Crippen LogP contribution >= 0.6 is 11.6 Å². The largest absolute Gasteiger partial charge is 0.459 e. The third-order valence-electron chi connectivity index (χ3n) is 4.25. The summed E-state index contributed by atoms with van der Waals surface area (Å²) >= 11 is 5.99. The molecule has 31 heavy (non-hydrogen) atoms. The van der Waals surface area contributed by atoms with Crippen LogP contribution in [0.5, 0.6) is 0 Å². The van der Waals surface area contributed by atoms with Gasteiger partial charge in [0.15, 0.2) is 5.56 Å². The highest BCUT2D eigenvalue weighted by atomic mass is 35.5. The summed E-state index contributed by atoms with van der Waals surface area (Å²) in [6.45, 7) is 7.20. The van der Waals surface area contributed by atoms with Crippen molar-refractivity contribution in [1.29, 1.82) is 0 Å². The number of alkyl carbamates (subject to hydrolysis) is 1. The molecule has 0 fully saturated rings. The number of halogens is 1. The second-order valence-corrected chi connectivity index (χ2v) is 8.56. The number of hydrazone groups is 1. The molecule has 1 unspecified atom stereocenters. The van der Waals surface area contributed by atoms with Gasteiger partial charge in [-0.25, -0.2) is 4.79 Å². The number of amides is 3. The molecule has 1 heterocycles. The van der Waals surface area contributed by atoms with Gasteiger partial charge in [0.05, 0.1) is 11.1 Å². The molecule has 0 aliphatic carbocycles. The number of nitrogens with one attached hydrogen (secondary N) is 2. The van der Waals surface area contributed by atoms with E-state index in [1.165, 1.54) is 0 Å². The first kappa shape index (κ1) is 24.5. The van der Waals surface area contributed by atoms with Crippen LogP contribution in [0.2, 0.25) is 0 Å². The Balaban J connectivity index is 2.18. The highest BCUT2D eigenvalue weighted by molar-refractivity contribution is 6.23. The number of carbonyl (C=O) groups excluding carboxylic acids is 3. The molecule has 9 nitrogen and oxygen atoms in total. The molecule has 10 heteroatoms. The molecule has 2 N–H and O–H groups in total. The van der Waals surface area contributed by atoms with E-state index in [9.17, 15) is 14.4 Å². The second kappa shape index (κ2) is 10.5. The third-order valence-corrected chi connectivity index (χ3v) is 4.34. The van der Waals surface area contributed by atoms with Gasteiger partial charge in [-0.2, -0.15) is 0 Å². The Hall–Kier alpha value is -2.81. The molecule has 0 saturated heterocycles. The van der Waals surface area contributed by atoms with Crippen LogP contribution in [-0.2, 0) is 9.47 Å². The first-order valence-electron chi connectivity index (χ1n) is 10.0. The lowest BCUT2D eigenvalue weighted by molar-refractivity contribution is 0.0516. The Labute approximate surface area is 187 Å². The van der Waals surface area contributed by atoms with Gasteiger partial charge in [0.1, 0.15) is 11.6 Å². The van der Waals surface area contributed by atoms with E-state index in [0.717, 1.165) is 4.90 Å². The molecule has 170 valence electrons. The van der Waals surface area contributed by atoms with Crippen LogP contribution < -0.4 is 10.7 Å². The average Bonchev–Trinajstić information content (AvgIpc) is 2.91. The molecular weight excluding hydrogens is 424 g/mol. The zero-order valence-electron chi connectivity index (χ0n) is 18.4. The van der Waals surface area contributed by atoms with Gasteiger partial charge in [-0.1, -0.05) is 23.7 Å². The van der Waals surface area contributed by atoms with Crippen LogP contribution in [0.15, 0.2) is 29.4 Å². The monoisotopic (exact) mass is 452 g/mol. The fourth-order valence-electron chi connectivity index (χ4n) is 3.11. The van der Waals surface area contributed by atoms with Gasteiger partial charge in [-0.05, 0) is 52.7 Å². The number of alkyl halides is 1. The van der Waals surface area contributed by atoms with Crippen LogP contribution in [0.4, 0.5) is 4.79 Å². The molecule has 1 aliphatic heterocycles. The number of nitrogens with zero attached hydrogens (tertiary/aromatic N) is 2. The first-order chi connectivity index (χ1) is 14.5. The molecule has 3 amide bonds. The topological polar surface area (TPSA) is 109 Å². The summed E-state index contributed by atoms with van der Waals surface area (Å²) in [5, 5.41) is 6.77. The van der Waals surface area contributed by atoms with Crippen molar-refractivity contribution in [1.82, 2.24) is 15.6 Å². The van der Waals surface area contributed by atoms with Crippen molar-refractivity contribution in [2.75, 3.05) is 13.6 Å². The van der Waals surface area contributed by atoms with Gasteiger partial charge in [0.2, 0.25) is 5.90 Å². The minimum absolute atomic E-state index is 0.108. The number of fused-ring (bicyclic) bond motifs is 1. The third kappa shape index (κ3) is 6.58. The normalized spacial score (nSPS) is 15.9. The van der Waals surface area contributed by atoms with Crippen molar-refractivity contribution in [3.8, 4) is 0 Å². The number of hydrogen-bond donors (Lipinski definition) is 2. The molecule has 0 saturated carbocycles. The lowest BCUT2D eigenvalue weighted by Gasteiger charge is -2.28. The minimum atomic E-state index is -0.804. The Morgan fingerprint density at radius 2 is 1.77 bits per heavy atom. The Morgan fingerprint density at radius 3 is 2.26 bits per heavy atom. The Kier molecular flexibility index (Phi) is 8.27. The standard InChI is InChI=1S/C21H29ClN4O5/c1-13(22)30-17(25-23-5)16(11-8-12-24-20(29)31-21(2,3)4)26-18(27)14-9-6-7-10-15(14)19(26)28/h6-7,9-10,13,16,23H,8,11-12H2,1-5H3,(H,24,29)/b25-17-/t13?,16-/m0/s1. The summed E-state index contributed by atoms with van der Waals surface area (Å²) in [5.41, 5.74) is 1.94. The van der Waals surface area contributed by atoms with Gasteiger partial charge < -0.3 is 20.2 Å². The highest BCUT2D eigenvalue weighted by Crippen LogP contribution is 2.27. The number of ether oxygens (including phenoxy) is 2. The molecule has 0 radical (unpaired) electrons. The van der Waals surface area contributed by atoms with E-state index in [1.807, 2.05) is 0 Å². The van der Waals surface area contributed by atoms with Crippen molar-refractivity contribution < 1.29 is 23.9 Å². The fourth-order valence-corrected chi connectivity index (χ4v) is 3.20. The van der Waals surface area contributed by atoms with Crippen molar-refractivity contribution in [3.63, 3.8) is 0 Å². The number of rotatable bonds is 8. The second-order valence-electron chi connectivity index (χ2n) is 7.95. The lowest BCUT2D eigenvalue weighted by Crippen LogP contribution is -2.47. The molecule has 2 atom stereocenters. The predicted molar refractivity (Wildman–Crippen MR) is 117 cm³/mol.